The first kappa shape index (κ1) is 22.6. The topological polar surface area (TPSA) is 38.7 Å². The van der Waals surface area contributed by atoms with Crippen molar-refractivity contribution in [2.45, 2.75) is 98.4 Å². The Bertz CT molecular complexity index is 456. The van der Waals surface area contributed by atoms with E-state index in [0.29, 0.717) is 48.5 Å². The highest BCUT2D eigenvalue weighted by Crippen LogP contribution is 2.56. The molecule has 164 valence electrons. The van der Waals surface area contributed by atoms with Crippen LogP contribution in [-0.2, 0) is 9.47 Å². The number of rotatable bonds is 6. The second-order valence-electron chi connectivity index (χ2n) is 11.1. The van der Waals surface area contributed by atoms with Crippen molar-refractivity contribution in [3.05, 3.63) is 0 Å². The van der Waals surface area contributed by atoms with E-state index >= 15 is 0 Å². The SMILES string of the molecule is CC(C)[C@H]1CC[C@H](C)C[C@H]1C1([C@H]2C[C@H](C)CC[C@H]2C(C)C)OC[C@H](CCO)O1. The second-order valence-corrected chi connectivity index (χ2v) is 11.1. The molecule has 0 bridgehead atoms. The molecule has 3 aliphatic rings. The standard InChI is InChI=1S/C25H46O3/c1-16(2)21-9-7-18(5)13-23(21)25(27-15-20(28-25)11-12-26)24-14-19(6)8-10-22(24)17(3)4/h16-24,26H,7-15H2,1-6H3/t18-,19+,20-,21+,22-,23+,24-,25?/m0/s1. The quantitative estimate of drug-likeness (QED) is 0.610. The normalized spacial score (nSPS) is 45.1. The van der Waals surface area contributed by atoms with Gasteiger partial charge < -0.3 is 14.6 Å². The molecule has 3 nitrogen and oxygen atoms in total. The smallest absolute Gasteiger partial charge is 0.174 e. The largest absolute Gasteiger partial charge is 0.396 e. The maximum atomic E-state index is 9.55. The highest BCUT2D eigenvalue weighted by molar-refractivity contribution is 5.01. The molecule has 0 radical (unpaired) electrons. The molecule has 2 aliphatic carbocycles. The lowest BCUT2D eigenvalue weighted by Crippen LogP contribution is -2.56. The molecule has 0 aromatic rings. The van der Waals surface area contributed by atoms with E-state index in [1.807, 2.05) is 0 Å². The van der Waals surface area contributed by atoms with E-state index in [0.717, 1.165) is 11.8 Å². The summed E-state index contributed by atoms with van der Waals surface area (Å²) in [6.45, 7) is 15.3. The first-order valence-corrected chi connectivity index (χ1v) is 12.2. The van der Waals surface area contributed by atoms with Gasteiger partial charge in [0.15, 0.2) is 5.79 Å². The van der Waals surface area contributed by atoms with Crippen LogP contribution in [0.2, 0.25) is 0 Å². The summed E-state index contributed by atoms with van der Waals surface area (Å²) in [6.07, 6.45) is 8.49. The van der Waals surface area contributed by atoms with Crippen molar-refractivity contribution in [1.82, 2.24) is 0 Å². The Morgan fingerprint density at radius 1 is 0.857 bits per heavy atom. The van der Waals surface area contributed by atoms with Crippen LogP contribution < -0.4 is 0 Å². The van der Waals surface area contributed by atoms with E-state index < -0.39 is 5.79 Å². The van der Waals surface area contributed by atoms with Gasteiger partial charge in [-0.15, -0.1) is 0 Å². The predicted octanol–water partition coefficient (Wildman–Crippen LogP) is 5.90. The molecule has 3 heteroatoms. The van der Waals surface area contributed by atoms with Gasteiger partial charge in [-0.2, -0.15) is 0 Å². The summed E-state index contributed by atoms with van der Waals surface area (Å²) in [7, 11) is 0. The van der Waals surface area contributed by atoms with Crippen molar-refractivity contribution in [3.63, 3.8) is 0 Å². The third-order valence-corrected chi connectivity index (χ3v) is 8.37. The van der Waals surface area contributed by atoms with Crippen LogP contribution >= 0.6 is 0 Å². The number of ether oxygens (including phenoxy) is 2. The van der Waals surface area contributed by atoms with E-state index in [2.05, 4.69) is 41.5 Å². The van der Waals surface area contributed by atoms with Crippen molar-refractivity contribution in [1.29, 1.82) is 0 Å². The fourth-order valence-electron chi connectivity index (χ4n) is 6.83. The summed E-state index contributed by atoms with van der Waals surface area (Å²) in [6, 6.07) is 0. The maximum Gasteiger partial charge on any atom is 0.174 e. The Morgan fingerprint density at radius 2 is 1.36 bits per heavy atom. The van der Waals surface area contributed by atoms with E-state index in [1.54, 1.807) is 0 Å². The van der Waals surface area contributed by atoms with Gasteiger partial charge in [-0.1, -0.05) is 54.4 Å². The molecule has 0 amide bonds. The monoisotopic (exact) mass is 394 g/mol. The van der Waals surface area contributed by atoms with Crippen LogP contribution in [0, 0.1) is 47.3 Å². The molecular formula is C25H46O3. The summed E-state index contributed by atoms with van der Waals surface area (Å²) >= 11 is 0. The molecule has 1 N–H and O–H groups in total. The highest BCUT2D eigenvalue weighted by atomic mass is 16.7. The number of hydrogen-bond acceptors (Lipinski definition) is 3. The van der Waals surface area contributed by atoms with Crippen LogP contribution in [0.1, 0.15) is 86.5 Å². The van der Waals surface area contributed by atoms with Gasteiger partial charge in [0, 0.05) is 18.4 Å². The minimum atomic E-state index is -0.437. The van der Waals surface area contributed by atoms with E-state index in [9.17, 15) is 5.11 Å². The van der Waals surface area contributed by atoms with Crippen LogP contribution in [-0.4, -0.2) is 30.2 Å². The Hall–Kier alpha value is -0.120. The van der Waals surface area contributed by atoms with Gasteiger partial charge >= 0.3 is 0 Å². The van der Waals surface area contributed by atoms with Crippen molar-refractivity contribution in [2.75, 3.05) is 13.2 Å². The van der Waals surface area contributed by atoms with Crippen molar-refractivity contribution < 1.29 is 14.6 Å². The minimum absolute atomic E-state index is 0.0556. The van der Waals surface area contributed by atoms with Crippen LogP contribution in [0.4, 0.5) is 0 Å². The molecule has 1 heterocycles. The molecule has 0 aromatic carbocycles. The molecule has 2 saturated carbocycles. The third kappa shape index (κ3) is 4.47. The first-order chi connectivity index (χ1) is 13.3. The zero-order valence-electron chi connectivity index (χ0n) is 19.3. The molecule has 1 saturated heterocycles. The van der Waals surface area contributed by atoms with Gasteiger partial charge in [0.25, 0.3) is 0 Å². The highest BCUT2D eigenvalue weighted by Gasteiger charge is 2.59. The minimum Gasteiger partial charge on any atom is -0.396 e. The maximum absolute atomic E-state index is 9.55. The Labute approximate surface area is 174 Å². The first-order valence-electron chi connectivity index (χ1n) is 12.2. The molecule has 3 fully saturated rings. The van der Waals surface area contributed by atoms with Crippen LogP contribution in [0.15, 0.2) is 0 Å². The summed E-state index contributed by atoms with van der Waals surface area (Å²) < 4.78 is 13.8. The van der Waals surface area contributed by atoms with Gasteiger partial charge in [0.05, 0.1) is 12.7 Å². The number of aliphatic hydroxyl groups excluding tert-OH is 1. The van der Waals surface area contributed by atoms with E-state index in [4.69, 9.17) is 9.47 Å². The second kappa shape index (κ2) is 9.35. The summed E-state index contributed by atoms with van der Waals surface area (Å²) in [5.41, 5.74) is 0. The Kier molecular flexibility index (Phi) is 7.53. The van der Waals surface area contributed by atoms with Gasteiger partial charge in [-0.25, -0.2) is 0 Å². The zero-order valence-corrected chi connectivity index (χ0v) is 19.3. The van der Waals surface area contributed by atoms with Gasteiger partial charge in [-0.3, -0.25) is 0 Å². The van der Waals surface area contributed by atoms with E-state index in [1.165, 1.54) is 38.5 Å². The zero-order chi connectivity index (χ0) is 20.5. The van der Waals surface area contributed by atoms with Crippen molar-refractivity contribution in [2.24, 2.45) is 47.3 Å². The lowest BCUT2D eigenvalue weighted by molar-refractivity contribution is -0.280. The average Bonchev–Trinajstić information content (AvgIpc) is 3.06. The lowest BCUT2D eigenvalue weighted by atomic mass is 9.58. The third-order valence-electron chi connectivity index (χ3n) is 8.37. The summed E-state index contributed by atoms with van der Waals surface area (Å²) in [5.74, 6) is 4.71. The van der Waals surface area contributed by atoms with E-state index in [-0.39, 0.29) is 12.7 Å². The lowest BCUT2D eigenvalue weighted by Gasteiger charge is -2.53. The fraction of sp³-hybridized carbons (Fsp3) is 1.00. The van der Waals surface area contributed by atoms with Gasteiger partial charge in [0.2, 0.25) is 0 Å². The van der Waals surface area contributed by atoms with Gasteiger partial charge in [-0.05, 0) is 67.6 Å². The summed E-state index contributed by atoms with van der Waals surface area (Å²) in [4.78, 5) is 0. The molecule has 1 aliphatic heterocycles. The van der Waals surface area contributed by atoms with Crippen LogP contribution in [0.5, 0.6) is 0 Å². The van der Waals surface area contributed by atoms with Crippen LogP contribution in [0.25, 0.3) is 0 Å². The number of aliphatic hydroxyl groups is 1. The molecule has 8 atom stereocenters. The molecule has 3 rings (SSSR count). The Balaban J connectivity index is 1.99. The molecule has 0 spiro atoms. The van der Waals surface area contributed by atoms with Crippen molar-refractivity contribution in [3.8, 4) is 0 Å². The molecule has 28 heavy (non-hydrogen) atoms. The van der Waals surface area contributed by atoms with Gasteiger partial charge in [0.1, 0.15) is 0 Å². The predicted molar refractivity (Wildman–Crippen MR) is 115 cm³/mol. The Morgan fingerprint density at radius 3 is 1.79 bits per heavy atom. The molecular weight excluding hydrogens is 348 g/mol. The summed E-state index contributed by atoms with van der Waals surface area (Å²) in [5, 5.41) is 9.55. The number of hydrogen-bond donors (Lipinski definition) is 1. The molecule has 1 unspecified atom stereocenters. The fourth-order valence-corrected chi connectivity index (χ4v) is 6.83. The molecule has 0 aromatic heterocycles. The van der Waals surface area contributed by atoms with Crippen molar-refractivity contribution >= 4 is 0 Å². The van der Waals surface area contributed by atoms with Crippen LogP contribution in [0.3, 0.4) is 0 Å². The average molecular weight is 395 g/mol.